The minimum Gasteiger partial charge on any atom is -0.481 e. The highest BCUT2D eigenvalue weighted by Gasteiger charge is 2.16. The second-order valence-corrected chi connectivity index (χ2v) is 5.83. The van der Waals surface area contributed by atoms with Crippen molar-refractivity contribution in [1.29, 1.82) is 5.26 Å². The average Bonchev–Trinajstić information content (AvgIpc) is 2.61. The molecule has 4 nitrogen and oxygen atoms in total. The van der Waals surface area contributed by atoms with E-state index in [0.29, 0.717) is 11.3 Å². The normalized spacial score (nSPS) is 12.7. The van der Waals surface area contributed by atoms with Gasteiger partial charge in [0.1, 0.15) is 5.75 Å². The van der Waals surface area contributed by atoms with Crippen LogP contribution in [0.5, 0.6) is 5.75 Å². The molecule has 0 saturated carbocycles. The zero-order valence-corrected chi connectivity index (χ0v) is 14.0. The van der Waals surface area contributed by atoms with Gasteiger partial charge >= 0.3 is 0 Å². The monoisotopic (exact) mass is 322 g/mol. The van der Waals surface area contributed by atoms with Gasteiger partial charge in [-0.2, -0.15) is 5.26 Å². The molecule has 124 valence electrons. The Morgan fingerprint density at radius 1 is 1.12 bits per heavy atom. The Labute approximate surface area is 143 Å². The fourth-order valence-corrected chi connectivity index (χ4v) is 2.33. The number of amides is 1. The van der Waals surface area contributed by atoms with E-state index in [4.69, 9.17) is 10.00 Å². The van der Waals surface area contributed by atoms with Crippen LogP contribution in [0.4, 0.5) is 0 Å². The van der Waals surface area contributed by atoms with Gasteiger partial charge in [0.05, 0.1) is 11.6 Å². The summed E-state index contributed by atoms with van der Waals surface area (Å²) in [6.45, 7) is 3.72. The maximum Gasteiger partial charge on any atom is 0.260 e. The third kappa shape index (κ3) is 5.44. The lowest BCUT2D eigenvalue weighted by atomic mass is 10.1. The third-order valence-electron chi connectivity index (χ3n) is 3.76. The van der Waals surface area contributed by atoms with Crippen molar-refractivity contribution in [3.05, 3.63) is 65.7 Å². The highest BCUT2D eigenvalue weighted by molar-refractivity contribution is 5.80. The van der Waals surface area contributed by atoms with E-state index in [0.717, 1.165) is 12.8 Å². The Hall–Kier alpha value is -2.80. The Morgan fingerprint density at radius 3 is 2.42 bits per heavy atom. The molecule has 0 bridgehead atoms. The molecule has 4 heteroatoms. The molecule has 0 fully saturated rings. The quantitative estimate of drug-likeness (QED) is 0.849. The number of hydrogen-bond acceptors (Lipinski definition) is 3. The largest absolute Gasteiger partial charge is 0.481 e. The molecule has 2 atom stereocenters. The van der Waals surface area contributed by atoms with E-state index in [1.165, 1.54) is 5.56 Å². The molecule has 0 unspecified atom stereocenters. The van der Waals surface area contributed by atoms with Gasteiger partial charge in [0.2, 0.25) is 0 Å². The number of benzene rings is 2. The fourth-order valence-electron chi connectivity index (χ4n) is 2.33. The van der Waals surface area contributed by atoms with Gasteiger partial charge in [-0.1, -0.05) is 30.3 Å². The molecule has 2 aromatic carbocycles. The van der Waals surface area contributed by atoms with Crippen LogP contribution >= 0.6 is 0 Å². The molecule has 0 aromatic heterocycles. The molecule has 0 spiro atoms. The Bertz CT molecular complexity index is 690. The number of nitrogens with zero attached hydrogens (tertiary/aromatic N) is 1. The van der Waals surface area contributed by atoms with Crippen molar-refractivity contribution >= 4 is 5.91 Å². The van der Waals surface area contributed by atoms with Crippen molar-refractivity contribution in [2.75, 3.05) is 0 Å². The molecule has 0 aliphatic carbocycles. The minimum absolute atomic E-state index is 0.0738. The van der Waals surface area contributed by atoms with Crippen molar-refractivity contribution in [2.24, 2.45) is 0 Å². The number of nitriles is 1. The summed E-state index contributed by atoms with van der Waals surface area (Å²) in [5, 5.41) is 11.8. The molecule has 0 aliphatic rings. The maximum atomic E-state index is 12.2. The van der Waals surface area contributed by atoms with E-state index in [1.807, 2.05) is 31.2 Å². The Balaban J connectivity index is 1.78. The molecule has 1 N–H and O–H groups in total. The van der Waals surface area contributed by atoms with Gasteiger partial charge < -0.3 is 10.1 Å². The summed E-state index contributed by atoms with van der Waals surface area (Å²) in [5.74, 6) is 0.438. The zero-order chi connectivity index (χ0) is 17.4. The van der Waals surface area contributed by atoms with Gasteiger partial charge in [0.15, 0.2) is 6.10 Å². The lowest BCUT2D eigenvalue weighted by molar-refractivity contribution is -0.127. The van der Waals surface area contributed by atoms with Gasteiger partial charge in [0, 0.05) is 6.04 Å². The summed E-state index contributed by atoms with van der Waals surface area (Å²) in [6, 6.07) is 19.1. The van der Waals surface area contributed by atoms with E-state index < -0.39 is 6.10 Å². The number of nitrogens with one attached hydrogen (secondary N) is 1. The third-order valence-corrected chi connectivity index (χ3v) is 3.76. The minimum atomic E-state index is -0.586. The van der Waals surface area contributed by atoms with Crippen molar-refractivity contribution in [2.45, 2.75) is 38.8 Å². The summed E-state index contributed by atoms with van der Waals surface area (Å²) in [4.78, 5) is 12.2. The molecule has 2 aromatic rings. The topological polar surface area (TPSA) is 62.1 Å². The highest BCUT2D eigenvalue weighted by Crippen LogP contribution is 2.13. The standard InChI is InChI=1S/C20H22N2O2/c1-15(8-9-17-6-4-3-5-7-17)22-20(23)16(2)24-19-12-10-18(14-21)11-13-19/h3-7,10-13,15-16H,8-9H2,1-2H3,(H,22,23)/t15-,16+/m0/s1. The van der Waals surface area contributed by atoms with Crippen LogP contribution in [0.15, 0.2) is 54.6 Å². The first-order valence-electron chi connectivity index (χ1n) is 8.09. The molecular formula is C20H22N2O2. The average molecular weight is 322 g/mol. The smallest absolute Gasteiger partial charge is 0.260 e. The van der Waals surface area contributed by atoms with Crippen molar-refractivity contribution in [3.8, 4) is 11.8 Å². The predicted molar refractivity (Wildman–Crippen MR) is 93.6 cm³/mol. The van der Waals surface area contributed by atoms with Gasteiger partial charge in [-0.3, -0.25) is 4.79 Å². The van der Waals surface area contributed by atoms with Gasteiger partial charge in [-0.15, -0.1) is 0 Å². The molecule has 24 heavy (non-hydrogen) atoms. The first-order valence-corrected chi connectivity index (χ1v) is 8.09. The van der Waals surface area contributed by atoms with Gasteiger partial charge in [-0.25, -0.2) is 0 Å². The van der Waals surface area contributed by atoms with E-state index in [2.05, 4.69) is 17.4 Å². The number of aryl methyl sites for hydroxylation is 1. The lowest BCUT2D eigenvalue weighted by Gasteiger charge is -2.18. The highest BCUT2D eigenvalue weighted by atomic mass is 16.5. The first-order chi connectivity index (χ1) is 11.6. The summed E-state index contributed by atoms with van der Waals surface area (Å²) in [5.41, 5.74) is 1.83. The van der Waals surface area contributed by atoms with E-state index in [-0.39, 0.29) is 11.9 Å². The van der Waals surface area contributed by atoms with Crippen LogP contribution in [0, 0.1) is 11.3 Å². The fraction of sp³-hybridized carbons (Fsp3) is 0.300. The molecule has 1 amide bonds. The van der Waals surface area contributed by atoms with E-state index in [9.17, 15) is 4.79 Å². The van der Waals surface area contributed by atoms with Crippen LogP contribution in [0.25, 0.3) is 0 Å². The molecule has 0 radical (unpaired) electrons. The number of carbonyl (C=O) groups is 1. The van der Waals surface area contributed by atoms with Crippen LogP contribution < -0.4 is 10.1 Å². The van der Waals surface area contributed by atoms with Crippen LogP contribution in [-0.2, 0) is 11.2 Å². The van der Waals surface area contributed by atoms with E-state index >= 15 is 0 Å². The maximum absolute atomic E-state index is 12.2. The number of hydrogen-bond donors (Lipinski definition) is 1. The molecule has 2 rings (SSSR count). The van der Waals surface area contributed by atoms with Crippen molar-refractivity contribution in [3.63, 3.8) is 0 Å². The van der Waals surface area contributed by atoms with Crippen LogP contribution in [0.2, 0.25) is 0 Å². The zero-order valence-electron chi connectivity index (χ0n) is 14.0. The molecule has 0 heterocycles. The lowest BCUT2D eigenvalue weighted by Crippen LogP contribution is -2.41. The van der Waals surface area contributed by atoms with Gasteiger partial charge in [-0.05, 0) is 56.5 Å². The number of ether oxygens (including phenoxy) is 1. The predicted octanol–water partition coefficient (Wildman–Crippen LogP) is 3.46. The van der Waals surface area contributed by atoms with Crippen LogP contribution in [-0.4, -0.2) is 18.1 Å². The first kappa shape index (κ1) is 17.6. The molecular weight excluding hydrogens is 300 g/mol. The molecule has 0 aliphatic heterocycles. The number of carbonyl (C=O) groups excluding carboxylic acids is 1. The second-order valence-electron chi connectivity index (χ2n) is 5.83. The Morgan fingerprint density at radius 2 is 1.79 bits per heavy atom. The van der Waals surface area contributed by atoms with Crippen LogP contribution in [0.3, 0.4) is 0 Å². The number of rotatable bonds is 7. The summed E-state index contributed by atoms with van der Waals surface area (Å²) in [6.07, 6.45) is 1.21. The van der Waals surface area contributed by atoms with Crippen molar-refractivity contribution in [1.82, 2.24) is 5.32 Å². The second kappa shape index (κ2) is 8.73. The van der Waals surface area contributed by atoms with Crippen LogP contribution in [0.1, 0.15) is 31.4 Å². The summed E-state index contributed by atoms with van der Waals surface area (Å²) < 4.78 is 5.62. The van der Waals surface area contributed by atoms with Crippen molar-refractivity contribution < 1.29 is 9.53 Å². The van der Waals surface area contributed by atoms with E-state index in [1.54, 1.807) is 31.2 Å². The SMILES string of the molecule is C[C@@H](CCc1ccccc1)NC(=O)[C@@H](C)Oc1ccc(C#N)cc1. The summed E-state index contributed by atoms with van der Waals surface area (Å²) in [7, 11) is 0. The summed E-state index contributed by atoms with van der Waals surface area (Å²) >= 11 is 0. The van der Waals surface area contributed by atoms with Gasteiger partial charge in [0.25, 0.3) is 5.91 Å². The molecule has 0 saturated heterocycles. The Kier molecular flexibility index (Phi) is 6.39.